The van der Waals surface area contributed by atoms with Crippen molar-refractivity contribution in [3.63, 3.8) is 0 Å². The maximum absolute atomic E-state index is 11.3. The van der Waals surface area contributed by atoms with Crippen molar-refractivity contribution < 1.29 is 19.0 Å². The molecule has 2 aliphatic heterocycles. The third-order valence-electron chi connectivity index (χ3n) is 2.66. The Hall–Kier alpha value is -0.610. The zero-order chi connectivity index (χ0) is 9.97. The Labute approximate surface area is 83.5 Å². The van der Waals surface area contributed by atoms with Crippen LogP contribution in [-0.4, -0.2) is 37.5 Å². The van der Waals surface area contributed by atoms with Crippen molar-refractivity contribution in [2.75, 3.05) is 13.2 Å². The van der Waals surface area contributed by atoms with E-state index in [1.807, 2.05) is 6.92 Å². The molecule has 0 aromatic carbocycles. The number of hydrogen-bond donors (Lipinski definition) is 0. The van der Waals surface area contributed by atoms with Crippen LogP contribution in [0, 0.1) is 0 Å². The van der Waals surface area contributed by atoms with Gasteiger partial charge in [-0.15, -0.1) is 0 Å². The van der Waals surface area contributed by atoms with Crippen molar-refractivity contribution in [2.24, 2.45) is 0 Å². The van der Waals surface area contributed by atoms with Crippen molar-refractivity contribution in [3.05, 3.63) is 0 Å². The Bertz CT molecular complexity index is 216. The molecule has 0 unspecified atom stereocenters. The van der Waals surface area contributed by atoms with E-state index in [4.69, 9.17) is 14.2 Å². The van der Waals surface area contributed by atoms with Crippen LogP contribution in [0.25, 0.3) is 0 Å². The van der Waals surface area contributed by atoms with Crippen LogP contribution in [-0.2, 0) is 19.0 Å². The number of fused-ring (bicyclic) bond motifs is 1. The first-order chi connectivity index (χ1) is 6.81. The number of carbonyl (C=O) groups is 1. The van der Waals surface area contributed by atoms with E-state index in [9.17, 15) is 4.79 Å². The maximum Gasteiger partial charge on any atom is 0.306 e. The van der Waals surface area contributed by atoms with Crippen LogP contribution in [0.5, 0.6) is 0 Å². The van der Waals surface area contributed by atoms with Gasteiger partial charge in [0.15, 0.2) is 6.10 Å². The molecular formula is C10H16O4. The summed E-state index contributed by atoms with van der Waals surface area (Å²) >= 11 is 0. The third-order valence-corrected chi connectivity index (χ3v) is 2.66. The lowest BCUT2D eigenvalue weighted by molar-refractivity contribution is -0.153. The molecule has 0 aromatic heterocycles. The molecular weight excluding hydrogens is 184 g/mol. The van der Waals surface area contributed by atoms with Crippen LogP contribution in [0.3, 0.4) is 0 Å². The Balaban J connectivity index is 1.83. The number of carbonyl (C=O) groups excluding carboxylic acids is 1. The standard InChI is InChI=1S/C10H16O4/c1-2-3-9(11)14-8-6-13-7-4-5-12-10(7)8/h7-8,10H,2-6H2,1H3/t7-,8-,10+/m1/s1. The van der Waals surface area contributed by atoms with Crippen LogP contribution in [0.2, 0.25) is 0 Å². The van der Waals surface area contributed by atoms with E-state index in [-0.39, 0.29) is 24.3 Å². The van der Waals surface area contributed by atoms with E-state index >= 15 is 0 Å². The Kier molecular flexibility index (Phi) is 3.03. The zero-order valence-electron chi connectivity index (χ0n) is 8.40. The zero-order valence-corrected chi connectivity index (χ0v) is 8.40. The first-order valence-electron chi connectivity index (χ1n) is 5.24. The van der Waals surface area contributed by atoms with Crippen LogP contribution >= 0.6 is 0 Å². The Morgan fingerprint density at radius 1 is 1.50 bits per heavy atom. The van der Waals surface area contributed by atoms with Crippen LogP contribution in [0.1, 0.15) is 26.2 Å². The fourth-order valence-corrected chi connectivity index (χ4v) is 1.96. The molecule has 14 heavy (non-hydrogen) atoms. The average molecular weight is 200 g/mol. The molecule has 2 fully saturated rings. The Morgan fingerprint density at radius 3 is 3.14 bits per heavy atom. The monoisotopic (exact) mass is 200 g/mol. The highest BCUT2D eigenvalue weighted by atomic mass is 16.6. The fourth-order valence-electron chi connectivity index (χ4n) is 1.96. The molecule has 0 radical (unpaired) electrons. The summed E-state index contributed by atoms with van der Waals surface area (Å²) in [7, 11) is 0. The highest BCUT2D eigenvalue weighted by Gasteiger charge is 2.43. The summed E-state index contributed by atoms with van der Waals surface area (Å²) in [6.45, 7) is 3.17. The van der Waals surface area contributed by atoms with Gasteiger partial charge in [0.25, 0.3) is 0 Å². The smallest absolute Gasteiger partial charge is 0.306 e. The number of esters is 1. The number of rotatable bonds is 3. The van der Waals surface area contributed by atoms with E-state index in [2.05, 4.69) is 0 Å². The highest BCUT2D eigenvalue weighted by molar-refractivity contribution is 5.69. The summed E-state index contributed by atoms with van der Waals surface area (Å²) in [5, 5.41) is 0. The van der Waals surface area contributed by atoms with Crippen LogP contribution in [0.15, 0.2) is 0 Å². The lowest BCUT2D eigenvalue weighted by atomic mass is 10.1. The van der Waals surface area contributed by atoms with Gasteiger partial charge in [0.05, 0.1) is 12.7 Å². The molecule has 4 heteroatoms. The molecule has 2 heterocycles. The summed E-state index contributed by atoms with van der Waals surface area (Å²) in [6, 6.07) is 0. The number of hydrogen-bond acceptors (Lipinski definition) is 4. The molecule has 4 nitrogen and oxygen atoms in total. The van der Waals surface area contributed by atoms with Gasteiger partial charge in [0.2, 0.25) is 0 Å². The summed E-state index contributed by atoms with van der Waals surface area (Å²) in [5.41, 5.74) is 0. The molecule has 0 saturated carbocycles. The molecule has 2 rings (SSSR count). The second kappa shape index (κ2) is 4.28. The van der Waals surface area contributed by atoms with Gasteiger partial charge >= 0.3 is 5.97 Å². The summed E-state index contributed by atoms with van der Waals surface area (Å²) in [6.07, 6.45) is 2.17. The summed E-state index contributed by atoms with van der Waals surface area (Å²) in [4.78, 5) is 11.3. The van der Waals surface area contributed by atoms with Crippen molar-refractivity contribution in [1.29, 1.82) is 0 Å². The molecule has 0 spiro atoms. The first kappa shape index (κ1) is 9.93. The van der Waals surface area contributed by atoms with Gasteiger partial charge in [0.1, 0.15) is 6.10 Å². The van der Waals surface area contributed by atoms with Gasteiger partial charge in [-0.2, -0.15) is 0 Å². The quantitative estimate of drug-likeness (QED) is 0.634. The molecule has 2 aliphatic rings. The lowest BCUT2D eigenvalue weighted by Crippen LogP contribution is -2.32. The van der Waals surface area contributed by atoms with Gasteiger partial charge in [-0.25, -0.2) is 0 Å². The summed E-state index contributed by atoms with van der Waals surface area (Å²) < 4.78 is 16.2. The van der Waals surface area contributed by atoms with Gasteiger partial charge < -0.3 is 14.2 Å². The predicted octanol–water partition coefficient (Wildman–Crippen LogP) is 0.886. The topological polar surface area (TPSA) is 44.8 Å². The van der Waals surface area contributed by atoms with E-state index in [1.54, 1.807) is 0 Å². The minimum Gasteiger partial charge on any atom is -0.457 e. The van der Waals surface area contributed by atoms with E-state index in [1.165, 1.54) is 0 Å². The molecule has 0 aromatic rings. The maximum atomic E-state index is 11.3. The largest absolute Gasteiger partial charge is 0.457 e. The van der Waals surface area contributed by atoms with Crippen molar-refractivity contribution in [2.45, 2.75) is 44.5 Å². The highest BCUT2D eigenvalue weighted by Crippen LogP contribution is 2.28. The third kappa shape index (κ3) is 1.91. The molecule has 3 atom stereocenters. The van der Waals surface area contributed by atoms with Gasteiger partial charge in [0, 0.05) is 13.0 Å². The van der Waals surface area contributed by atoms with E-state index < -0.39 is 0 Å². The number of ether oxygens (including phenoxy) is 3. The molecule has 0 bridgehead atoms. The molecule has 80 valence electrons. The molecule has 0 aliphatic carbocycles. The van der Waals surface area contributed by atoms with Crippen LogP contribution in [0.4, 0.5) is 0 Å². The first-order valence-corrected chi connectivity index (χ1v) is 5.24. The minimum atomic E-state index is -0.179. The molecule has 2 saturated heterocycles. The fraction of sp³-hybridized carbons (Fsp3) is 0.900. The second-order valence-corrected chi connectivity index (χ2v) is 3.77. The lowest BCUT2D eigenvalue weighted by Gasteiger charge is -2.16. The summed E-state index contributed by atoms with van der Waals surface area (Å²) in [5.74, 6) is -0.141. The van der Waals surface area contributed by atoms with Crippen LogP contribution < -0.4 is 0 Å². The molecule has 0 N–H and O–H groups in total. The minimum absolute atomic E-state index is 0.0178. The van der Waals surface area contributed by atoms with Gasteiger partial charge in [-0.05, 0) is 12.8 Å². The van der Waals surface area contributed by atoms with Crippen molar-refractivity contribution in [3.8, 4) is 0 Å². The SMILES string of the molecule is CCCC(=O)O[C@@H]1CO[C@@H]2CCO[C@@H]21. The van der Waals surface area contributed by atoms with Crippen molar-refractivity contribution >= 4 is 5.97 Å². The second-order valence-electron chi connectivity index (χ2n) is 3.77. The van der Waals surface area contributed by atoms with E-state index in [0.717, 1.165) is 19.4 Å². The average Bonchev–Trinajstić information content (AvgIpc) is 2.70. The van der Waals surface area contributed by atoms with E-state index in [0.29, 0.717) is 13.0 Å². The Morgan fingerprint density at radius 2 is 2.36 bits per heavy atom. The normalized spacial score (nSPS) is 35.6. The predicted molar refractivity (Wildman–Crippen MR) is 48.9 cm³/mol. The van der Waals surface area contributed by atoms with Crippen molar-refractivity contribution in [1.82, 2.24) is 0 Å². The van der Waals surface area contributed by atoms with Gasteiger partial charge in [-0.3, -0.25) is 4.79 Å². The van der Waals surface area contributed by atoms with Gasteiger partial charge in [-0.1, -0.05) is 6.92 Å². The molecule has 0 amide bonds.